The van der Waals surface area contributed by atoms with Crippen LogP contribution in [0.5, 0.6) is 0 Å². The average molecular weight is 188 g/mol. The molecule has 0 aliphatic heterocycles. The number of carboxylic acid groups (broad SMARTS) is 1. The van der Waals surface area contributed by atoms with Crippen molar-refractivity contribution in [2.75, 3.05) is 0 Å². The minimum Gasteiger partial charge on any atom is -0.465 e. The second-order valence-corrected chi connectivity index (χ2v) is 2.51. The molecule has 1 amide bonds. The van der Waals surface area contributed by atoms with Crippen LogP contribution in [0.1, 0.15) is 5.56 Å². The van der Waals surface area contributed by atoms with E-state index in [4.69, 9.17) is 10.4 Å². The number of nitrogens with zero attached hydrogens (tertiary/aromatic N) is 1. The van der Waals surface area contributed by atoms with E-state index in [0.29, 0.717) is 0 Å². The predicted octanol–water partition coefficient (Wildman–Crippen LogP) is 1.82. The normalized spacial score (nSPS) is 10.4. The fraction of sp³-hybridized carbons (Fsp3) is 0. The molecule has 1 rings (SSSR count). The molecule has 0 unspecified atom stereocenters. The summed E-state index contributed by atoms with van der Waals surface area (Å²) in [5.74, 6) is 0. The van der Waals surface area contributed by atoms with Crippen molar-refractivity contribution in [3.8, 4) is 6.07 Å². The molecule has 70 valence electrons. The van der Waals surface area contributed by atoms with Gasteiger partial charge in [-0.25, -0.2) is 4.79 Å². The maximum Gasteiger partial charge on any atom is 0.409 e. The average Bonchev–Trinajstić information content (AvgIpc) is 2.17. The molecule has 1 aromatic carbocycles. The summed E-state index contributed by atoms with van der Waals surface area (Å²) in [7, 11) is 0. The summed E-state index contributed by atoms with van der Waals surface area (Å²) < 4.78 is 0. The van der Waals surface area contributed by atoms with Crippen LogP contribution in [0.4, 0.5) is 4.79 Å². The summed E-state index contributed by atoms with van der Waals surface area (Å²) in [6.45, 7) is 0. The summed E-state index contributed by atoms with van der Waals surface area (Å²) in [4.78, 5) is 10.3. The van der Waals surface area contributed by atoms with Crippen molar-refractivity contribution in [1.29, 1.82) is 5.26 Å². The summed E-state index contributed by atoms with van der Waals surface area (Å²) in [5.41, 5.74) is 0.779. The van der Waals surface area contributed by atoms with Gasteiger partial charge >= 0.3 is 6.09 Å². The van der Waals surface area contributed by atoms with E-state index >= 15 is 0 Å². The Morgan fingerprint density at radius 2 is 2.07 bits per heavy atom. The Bertz CT molecular complexity index is 390. The maximum absolute atomic E-state index is 10.3. The lowest BCUT2D eigenvalue weighted by atomic mass is 10.2. The zero-order valence-electron chi connectivity index (χ0n) is 7.27. The number of hydrogen-bond acceptors (Lipinski definition) is 2. The molecule has 1 aromatic rings. The van der Waals surface area contributed by atoms with Gasteiger partial charge in [0.1, 0.15) is 11.8 Å². The molecular formula is C10H8N2O2. The van der Waals surface area contributed by atoms with Crippen LogP contribution in [0.15, 0.2) is 36.0 Å². The lowest BCUT2D eigenvalue weighted by molar-refractivity contribution is 0.198. The molecule has 14 heavy (non-hydrogen) atoms. The molecule has 4 heteroatoms. The molecule has 0 fully saturated rings. The third-order valence-electron chi connectivity index (χ3n) is 1.47. The highest BCUT2D eigenvalue weighted by atomic mass is 16.4. The van der Waals surface area contributed by atoms with E-state index in [1.807, 2.05) is 23.5 Å². The van der Waals surface area contributed by atoms with Crippen molar-refractivity contribution in [2.24, 2.45) is 0 Å². The molecule has 0 heterocycles. The molecule has 0 atom stereocenters. The van der Waals surface area contributed by atoms with E-state index < -0.39 is 6.09 Å². The first-order valence-corrected chi connectivity index (χ1v) is 3.89. The van der Waals surface area contributed by atoms with Gasteiger partial charge in [0.2, 0.25) is 0 Å². The predicted molar refractivity (Wildman–Crippen MR) is 51.2 cm³/mol. The number of rotatable bonds is 2. The van der Waals surface area contributed by atoms with Crippen LogP contribution in [0.3, 0.4) is 0 Å². The van der Waals surface area contributed by atoms with E-state index in [-0.39, 0.29) is 5.70 Å². The molecule has 0 saturated carbocycles. The van der Waals surface area contributed by atoms with Crippen LogP contribution in [0.2, 0.25) is 0 Å². The van der Waals surface area contributed by atoms with Crippen LogP contribution < -0.4 is 5.32 Å². The zero-order chi connectivity index (χ0) is 10.4. The molecule has 0 aliphatic carbocycles. The Morgan fingerprint density at radius 3 is 2.57 bits per heavy atom. The van der Waals surface area contributed by atoms with E-state index in [1.54, 1.807) is 18.2 Å². The highest BCUT2D eigenvalue weighted by Gasteiger charge is 1.99. The molecule has 0 aliphatic rings. The van der Waals surface area contributed by atoms with Crippen LogP contribution in [0.25, 0.3) is 6.08 Å². The fourth-order valence-electron chi connectivity index (χ4n) is 0.927. The smallest absolute Gasteiger partial charge is 0.409 e. The second kappa shape index (κ2) is 4.67. The van der Waals surface area contributed by atoms with Crippen LogP contribution in [0, 0.1) is 11.3 Å². The Morgan fingerprint density at radius 1 is 1.43 bits per heavy atom. The van der Waals surface area contributed by atoms with Crippen molar-refractivity contribution in [1.82, 2.24) is 5.32 Å². The molecule has 0 bridgehead atoms. The fourth-order valence-corrected chi connectivity index (χ4v) is 0.927. The largest absolute Gasteiger partial charge is 0.465 e. The highest BCUT2D eigenvalue weighted by Crippen LogP contribution is 2.03. The van der Waals surface area contributed by atoms with Gasteiger partial charge in [-0.1, -0.05) is 30.3 Å². The van der Waals surface area contributed by atoms with Crippen LogP contribution >= 0.6 is 0 Å². The molecule has 0 aromatic heterocycles. The molecule has 2 N–H and O–H groups in total. The van der Waals surface area contributed by atoms with E-state index in [1.165, 1.54) is 6.08 Å². The number of benzene rings is 1. The third kappa shape index (κ3) is 2.99. The number of hydrogen-bond donors (Lipinski definition) is 2. The van der Waals surface area contributed by atoms with Crippen molar-refractivity contribution in [3.63, 3.8) is 0 Å². The zero-order valence-corrected chi connectivity index (χ0v) is 7.27. The van der Waals surface area contributed by atoms with Gasteiger partial charge in [-0.2, -0.15) is 5.26 Å². The molecule has 0 saturated heterocycles. The standard InChI is InChI=1S/C10H8N2O2/c11-7-9(12-10(13)14)6-8-4-2-1-3-5-8/h1-6,12H,(H,13,14). The van der Waals surface area contributed by atoms with Gasteiger partial charge in [-0.15, -0.1) is 0 Å². The minimum absolute atomic E-state index is 0.00343. The summed E-state index contributed by atoms with van der Waals surface area (Å²) in [6.07, 6.45) is 0.224. The number of allylic oxidation sites excluding steroid dienone is 1. The summed E-state index contributed by atoms with van der Waals surface area (Å²) in [6, 6.07) is 10.8. The molecule has 4 nitrogen and oxygen atoms in total. The first-order valence-electron chi connectivity index (χ1n) is 3.89. The lowest BCUT2D eigenvalue weighted by Crippen LogP contribution is -2.18. The van der Waals surface area contributed by atoms with Gasteiger partial charge in [-0.05, 0) is 11.6 Å². The quantitative estimate of drug-likeness (QED) is 0.695. The SMILES string of the molecule is N#CC(=Cc1ccccc1)NC(=O)O. The van der Waals surface area contributed by atoms with E-state index in [9.17, 15) is 4.79 Å². The summed E-state index contributed by atoms with van der Waals surface area (Å²) in [5, 5.41) is 19.0. The highest BCUT2D eigenvalue weighted by molar-refractivity contribution is 5.71. The van der Waals surface area contributed by atoms with Gasteiger partial charge in [0.25, 0.3) is 0 Å². The Kier molecular flexibility index (Phi) is 3.27. The number of nitriles is 1. The van der Waals surface area contributed by atoms with Gasteiger partial charge in [0.15, 0.2) is 0 Å². The van der Waals surface area contributed by atoms with Crippen molar-refractivity contribution < 1.29 is 9.90 Å². The van der Waals surface area contributed by atoms with Crippen molar-refractivity contribution >= 4 is 12.2 Å². The maximum atomic E-state index is 10.3. The monoisotopic (exact) mass is 188 g/mol. The third-order valence-corrected chi connectivity index (χ3v) is 1.47. The number of amides is 1. The van der Waals surface area contributed by atoms with Crippen molar-refractivity contribution in [2.45, 2.75) is 0 Å². The Hall–Kier alpha value is -2.28. The Labute approximate surface area is 81.1 Å². The summed E-state index contributed by atoms with van der Waals surface area (Å²) >= 11 is 0. The van der Waals surface area contributed by atoms with Crippen molar-refractivity contribution in [3.05, 3.63) is 41.6 Å². The first kappa shape index (κ1) is 9.81. The van der Waals surface area contributed by atoms with E-state index in [0.717, 1.165) is 5.56 Å². The van der Waals surface area contributed by atoms with Gasteiger partial charge in [0, 0.05) is 0 Å². The topological polar surface area (TPSA) is 73.1 Å². The number of carbonyl (C=O) groups is 1. The second-order valence-electron chi connectivity index (χ2n) is 2.51. The van der Waals surface area contributed by atoms with Gasteiger partial charge < -0.3 is 5.11 Å². The first-order chi connectivity index (χ1) is 6.72. The van der Waals surface area contributed by atoms with Gasteiger partial charge in [-0.3, -0.25) is 5.32 Å². The lowest BCUT2D eigenvalue weighted by Gasteiger charge is -1.97. The molecular weight excluding hydrogens is 180 g/mol. The van der Waals surface area contributed by atoms with Gasteiger partial charge in [0.05, 0.1) is 0 Å². The Balaban J connectivity index is 2.86. The molecule has 0 radical (unpaired) electrons. The van der Waals surface area contributed by atoms with Crippen LogP contribution in [-0.4, -0.2) is 11.2 Å². The number of nitrogens with one attached hydrogen (secondary N) is 1. The van der Waals surface area contributed by atoms with Crippen LogP contribution in [-0.2, 0) is 0 Å². The van der Waals surface area contributed by atoms with E-state index in [2.05, 4.69) is 0 Å². The molecule has 0 spiro atoms. The minimum atomic E-state index is -1.24.